The van der Waals surface area contributed by atoms with Gasteiger partial charge in [-0.25, -0.2) is 0 Å². The molecule has 1 unspecified atom stereocenters. The number of likely N-dealkylation sites (tertiary alicyclic amines) is 1. The Morgan fingerprint density at radius 1 is 1.19 bits per heavy atom. The molecule has 0 saturated carbocycles. The van der Waals surface area contributed by atoms with Crippen molar-refractivity contribution >= 4 is 27.7 Å². The van der Waals surface area contributed by atoms with E-state index >= 15 is 0 Å². The van der Waals surface area contributed by atoms with E-state index < -0.39 is 0 Å². The van der Waals surface area contributed by atoms with E-state index in [1.807, 2.05) is 55.5 Å². The average Bonchev–Trinajstić information content (AvgIpc) is 2.97. The van der Waals surface area contributed by atoms with Crippen molar-refractivity contribution in [3.63, 3.8) is 0 Å². The number of hydrogen-bond acceptors (Lipinski definition) is 2. The van der Waals surface area contributed by atoms with Gasteiger partial charge in [0, 0.05) is 37.6 Å². The maximum atomic E-state index is 12.8. The van der Waals surface area contributed by atoms with Crippen molar-refractivity contribution in [1.82, 2.24) is 9.80 Å². The first kappa shape index (κ1) is 18.6. The van der Waals surface area contributed by atoms with E-state index in [1.165, 1.54) is 5.56 Å². The van der Waals surface area contributed by atoms with Crippen LogP contribution < -0.4 is 0 Å². The summed E-state index contributed by atoms with van der Waals surface area (Å²) in [5.74, 6) is -0.172. The van der Waals surface area contributed by atoms with Crippen LogP contribution >= 0.6 is 15.9 Å². The maximum absolute atomic E-state index is 12.8. The average molecular weight is 415 g/mol. The Kier molecular flexibility index (Phi) is 5.77. The number of amides is 2. The molecule has 5 heteroatoms. The minimum absolute atomic E-state index is 0.0322. The highest BCUT2D eigenvalue weighted by Gasteiger charge is 2.35. The fraction of sp³-hybridized carbons (Fsp3) is 0.333. The highest BCUT2D eigenvalue weighted by atomic mass is 79.9. The highest BCUT2D eigenvalue weighted by molar-refractivity contribution is 9.10. The normalized spacial score (nSPS) is 16.8. The zero-order chi connectivity index (χ0) is 18.7. The van der Waals surface area contributed by atoms with Crippen LogP contribution in [0.15, 0.2) is 53.0 Å². The summed E-state index contributed by atoms with van der Waals surface area (Å²) >= 11 is 3.45. The molecule has 1 aliphatic rings. The lowest BCUT2D eigenvalue weighted by molar-refractivity contribution is -0.135. The molecule has 0 spiro atoms. The predicted molar refractivity (Wildman–Crippen MR) is 105 cm³/mol. The number of benzene rings is 2. The molecule has 26 heavy (non-hydrogen) atoms. The SMILES string of the molecule is Cc1ccc(CN2CC(C(=O)N(C)Cc3cccc(Br)c3)CC2=O)cc1. The van der Waals surface area contributed by atoms with Crippen molar-refractivity contribution in [3.05, 3.63) is 69.7 Å². The van der Waals surface area contributed by atoms with Gasteiger partial charge in [-0.2, -0.15) is 0 Å². The van der Waals surface area contributed by atoms with Crippen molar-refractivity contribution < 1.29 is 9.59 Å². The van der Waals surface area contributed by atoms with Crippen LogP contribution in [0.4, 0.5) is 0 Å². The number of aryl methyl sites for hydroxylation is 1. The van der Waals surface area contributed by atoms with Crippen LogP contribution in [0.5, 0.6) is 0 Å². The lowest BCUT2D eigenvalue weighted by atomic mass is 10.1. The third-order valence-electron chi connectivity index (χ3n) is 4.74. The minimum Gasteiger partial charge on any atom is -0.341 e. The molecule has 0 radical (unpaired) electrons. The highest BCUT2D eigenvalue weighted by Crippen LogP contribution is 2.23. The molecule has 0 N–H and O–H groups in total. The molecule has 0 aromatic heterocycles. The van der Waals surface area contributed by atoms with Crippen LogP contribution in [0.25, 0.3) is 0 Å². The second kappa shape index (κ2) is 8.04. The number of nitrogens with zero attached hydrogens (tertiary/aromatic N) is 2. The van der Waals surface area contributed by atoms with Crippen LogP contribution in [-0.2, 0) is 22.7 Å². The van der Waals surface area contributed by atoms with Gasteiger partial charge in [-0.05, 0) is 30.2 Å². The van der Waals surface area contributed by atoms with Crippen LogP contribution in [-0.4, -0.2) is 35.2 Å². The lowest BCUT2D eigenvalue weighted by Gasteiger charge is -2.22. The Balaban J connectivity index is 1.60. The van der Waals surface area contributed by atoms with E-state index in [-0.39, 0.29) is 17.7 Å². The number of rotatable bonds is 5. The van der Waals surface area contributed by atoms with Gasteiger partial charge in [0.05, 0.1) is 5.92 Å². The van der Waals surface area contributed by atoms with Crippen LogP contribution in [0.3, 0.4) is 0 Å². The van der Waals surface area contributed by atoms with E-state index in [4.69, 9.17) is 0 Å². The molecule has 2 aromatic carbocycles. The summed E-state index contributed by atoms with van der Waals surface area (Å²) in [7, 11) is 1.80. The molecule has 2 aromatic rings. The second-order valence-electron chi connectivity index (χ2n) is 6.99. The first-order valence-corrected chi connectivity index (χ1v) is 9.54. The van der Waals surface area contributed by atoms with Crippen molar-refractivity contribution in [2.75, 3.05) is 13.6 Å². The molecular weight excluding hydrogens is 392 g/mol. The number of carbonyl (C=O) groups excluding carboxylic acids is 2. The summed E-state index contributed by atoms with van der Waals surface area (Å²) < 4.78 is 0.996. The second-order valence-corrected chi connectivity index (χ2v) is 7.90. The molecule has 1 aliphatic heterocycles. The Morgan fingerprint density at radius 3 is 2.62 bits per heavy atom. The first-order chi connectivity index (χ1) is 12.4. The molecule has 0 bridgehead atoms. The third kappa shape index (κ3) is 4.52. The number of carbonyl (C=O) groups is 2. The Bertz CT molecular complexity index is 804. The topological polar surface area (TPSA) is 40.6 Å². The number of hydrogen-bond donors (Lipinski definition) is 0. The maximum Gasteiger partial charge on any atom is 0.228 e. The summed E-state index contributed by atoms with van der Waals surface area (Å²) in [6.07, 6.45) is 0.299. The van der Waals surface area contributed by atoms with E-state index in [9.17, 15) is 9.59 Å². The molecule has 1 fully saturated rings. The summed E-state index contributed by atoms with van der Waals surface area (Å²) in [4.78, 5) is 28.6. The third-order valence-corrected chi connectivity index (χ3v) is 5.24. The zero-order valence-electron chi connectivity index (χ0n) is 15.1. The van der Waals surface area contributed by atoms with E-state index in [0.717, 1.165) is 15.6 Å². The van der Waals surface area contributed by atoms with Crippen molar-refractivity contribution in [2.45, 2.75) is 26.4 Å². The van der Waals surface area contributed by atoms with Crippen LogP contribution in [0.2, 0.25) is 0 Å². The Morgan fingerprint density at radius 2 is 1.92 bits per heavy atom. The molecule has 1 atom stereocenters. The fourth-order valence-corrected chi connectivity index (χ4v) is 3.75. The Labute approximate surface area is 162 Å². The minimum atomic E-state index is -0.259. The van der Waals surface area contributed by atoms with E-state index in [1.54, 1.807) is 16.8 Å². The molecular formula is C21H23BrN2O2. The molecule has 2 amide bonds. The smallest absolute Gasteiger partial charge is 0.228 e. The molecule has 3 rings (SSSR count). The van der Waals surface area contributed by atoms with E-state index in [2.05, 4.69) is 15.9 Å². The molecule has 1 heterocycles. The monoisotopic (exact) mass is 414 g/mol. The fourth-order valence-electron chi connectivity index (χ4n) is 3.30. The van der Waals surface area contributed by atoms with Gasteiger partial charge in [0.1, 0.15) is 0 Å². The molecule has 0 aliphatic carbocycles. The standard InChI is InChI=1S/C21H23BrN2O2/c1-15-6-8-16(9-7-15)13-24-14-18(11-20(24)25)21(26)23(2)12-17-4-3-5-19(22)10-17/h3-10,18H,11-14H2,1-2H3. The first-order valence-electron chi connectivity index (χ1n) is 8.75. The quantitative estimate of drug-likeness (QED) is 0.746. The summed E-state index contributed by atoms with van der Waals surface area (Å²) in [5.41, 5.74) is 3.36. The lowest BCUT2D eigenvalue weighted by Crippen LogP contribution is -2.34. The van der Waals surface area contributed by atoms with Gasteiger partial charge in [-0.1, -0.05) is 57.9 Å². The van der Waals surface area contributed by atoms with Gasteiger partial charge in [0.15, 0.2) is 0 Å². The number of halogens is 1. The van der Waals surface area contributed by atoms with Gasteiger partial charge in [-0.15, -0.1) is 0 Å². The Hall–Kier alpha value is -2.14. The summed E-state index contributed by atoms with van der Waals surface area (Å²) in [6, 6.07) is 16.1. The van der Waals surface area contributed by atoms with Crippen molar-refractivity contribution in [1.29, 1.82) is 0 Å². The van der Waals surface area contributed by atoms with E-state index in [0.29, 0.717) is 26.1 Å². The van der Waals surface area contributed by atoms with Gasteiger partial charge in [-0.3, -0.25) is 9.59 Å². The predicted octanol–water partition coefficient (Wildman–Crippen LogP) is 3.76. The van der Waals surface area contributed by atoms with Crippen LogP contribution in [0.1, 0.15) is 23.1 Å². The molecule has 4 nitrogen and oxygen atoms in total. The van der Waals surface area contributed by atoms with Gasteiger partial charge in [0.25, 0.3) is 0 Å². The van der Waals surface area contributed by atoms with Crippen molar-refractivity contribution in [3.8, 4) is 0 Å². The van der Waals surface area contributed by atoms with Crippen LogP contribution in [0, 0.1) is 12.8 Å². The van der Waals surface area contributed by atoms with Gasteiger partial charge in [0.2, 0.25) is 11.8 Å². The van der Waals surface area contributed by atoms with Gasteiger partial charge >= 0.3 is 0 Å². The summed E-state index contributed by atoms with van der Waals surface area (Å²) in [5, 5.41) is 0. The van der Waals surface area contributed by atoms with Gasteiger partial charge < -0.3 is 9.80 Å². The summed E-state index contributed by atoms with van der Waals surface area (Å²) in [6.45, 7) is 3.65. The largest absolute Gasteiger partial charge is 0.341 e. The van der Waals surface area contributed by atoms with Crippen molar-refractivity contribution in [2.24, 2.45) is 5.92 Å². The molecule has 1 saturated heterocycles. The molecule has 136 valence electrons. The zero-order valence-corrected chi connectivity index (χ0v) is 16.7.